The summed E-state index contributed by atoms with van der Waals surface area (Å²) < 4.78 is 8.25. The second kappa shape index (κ2) is 8.58. The summed E-state index contributed by atoms with van der Waals surface area (Å²) in [6.45, 7) is 0. The lowest BCUT2D eigenvalue weighted by molar-refractivity contribution is 0.622. The van der Waals surface area contributed by atoms with Gasteiger partial charge in [0, 0.05) is 21.8 Å². The molecule has 0 aliphatic heterocycles. The fraction of sp³-hybridized carbons (Fsp3) is 0. The van der Waals surface area contributed by atoms with E-state index in [9.17, 15) is 0 Å². The highest BCUT2D eigenvalue weighted by Gasteiger charge is 2.26. The van der Waals surface area contributed by atoms with E-state index in [0.29, 0.717) is 16.8 Å². The maximum absolute atomic E-state index is 6.36. The first-order valence-corrected chi connectivity index (χ1v) is 11.4. The molecule has 164 valence electrons. The monoisotopic (exact) mass is 461 g/mol. The van der Waals surface area contributed by atoms with E-state index in [1.165, 1.54) is 0 Å². The number of nitrogens with one attached hydrogen (secondary N) is 1. The molecule has 0 saturated heterocycles. The molecule has 4 nitrogen and oxygen atoms in total. The number of nitrogens with zero attached hydrogens (tertiary/aromatic N) is 2. The van der Waals surface area contributed by atoms with Crippen molar-refractivity contribution in [1.29, 1.82) is 0 Å². The first-order valence-electron chi connectivity index (χ1n) is 11.0. The molecule has 2 heterocycles. The number of anilines is 2. The first-order chi connectivity index (χ1) is 16.8. The fourth-order valence-electron chi connectivity index (χ4n) is 4.26. The molecular formula is C29H20ClN3O. The zero-order chi connectivity index (χ0) is 22.9. The Kier molecular flexibility index (Phi) is 5.13. The van der Waals surface area contributed by atoms with Crippen LogP contribution in [0.15, 0.2) is 120 Å². The zero-order valence-electron chi connectivity index (χ0n) is 18.2. The Morgan fingerprint density at radius 3 is 1.79 bits per heavy atom. The molecule has 0 spiro atoms. The van der Waals surface area contributed by atoms with Gasteiger partial charge in [0.25, 0.3) is 0 Å². The largest absolute Gasteiger partial charge is 0.405 e. The van der Waals surface area contributed by atoms with Gasteiger partial charge in [-0.1, -0.05) is 103 Å². The van der Waals surface area contributed by atoms with Crippen LogP contribution in [-0.4, -0.2) is 9.61 Å². The van der Waals surface area contributed by atoms with Crippen molar-refractivity contribution >= 4 is 29.0 Å². The summed E-state index contributed by atoms with van der Waals surface area (Å²) in [7, 11) is 0. The topological polar surface area (TPSA) is 42.5 Å². The fourth-order valence-corrected chi connectivity index (χ4v) is 4.39. The summed E-state index contributed by atoms with van der Waals surface area (Å²) in [5, 5.41) is 8.82. The first kappa shape index (κ1) is 20.3. The predicted octanol–water partition coefficient (Wildman–Crippen LogP) is 8.33. The highest BCUT2D eigenvalue weighted by molar-refractivity contribution is 6.30. The quantitative estimate of drug-likeness (QED) is 0.280. The minimum absolute atomic E-state index is 0.424. The van der Waals surface area contributed by atoms with Crippen molar-refractivity contribution in [2.75, 3.05) is 5.32 Å². The van der Waals surface area contributed by atoms with Crippen molar-refractivity contribution in [3.05, 3.63) is 120 Å². The standard InChI is InChI=1S/C29H20ClN3O/c30-23-18-16-22(17-19-23)27-25(20-10-4-1-5-11-20)26(21-12-6-2-7-13-21)28-33(27)32-29(34-28)31-24-14-8-3-9-15-24/h1-19H,(H,31,32). The Bertz CT molecular complexity index is 1550. The Morgan fingerprint density at radius 2 is 1.18 bits per heavy atom. The van der Waals surface area contributed by atoms with E-state index >= 15 is 0 Å². The van der Waals surface area contributed by atoms with Crippen LogP contribution in [0.4, 0.5) is 11.7 Å². The van der Waals surface area contributed by atoms with Gasteiger partial charge in [-0.05, 0) is 35.4 Å². The number of hydrogen-bond acceptors (Lipinski definition) is 3. The minimum atomic E-state index is 0.424. The average molecular weight is 462 g/mol. The zero-order valence-corrected chi connectivity index (χ0v) is 18.9. The van der Waals surface area contributed by atoms with Crippen molar-refractivity contribution in [3.63, 3.8) is 0 Å². The molecule has 6 aromatic rings. The van der Waals surface area contributed by atoms with Crippen molar-refractivity contribution < 1.29 is 4.42 Å². The number of aromatic nitrogens is 2. The summed E-state index contributed by atoms with van der Waals surface area (Å²) in [5.41, 5.74) is 7.72. The van der Waals surface area contributed by atoms with E-state index < -0.39 is 0 Å². The third-order valence-corrected chi connectivity index (χ3v) is 6.01. The lowest BCUT2D eigenvalue weighted by Crippen LogP contribution is -1.94. The van der Waals surface area contributed by atoms with Crippen molar-refractivity contribution in [3.8, 4) is 33.5 Å². The van der Waals surface area contributed by atoms with Gasteiger partial charge in [-0.15, -0.1) is 5.10 Å². The van der Waals surface area contributed by atoms with Crippen LogP contribution in [0.3, 0.4) is 0 Å². The molecule has 4 aromatic carbocycles. The summed E-state index contributed by atoms with van der Waals surface area (Å²) in [6.07, 6.45) is 0. The lowest BCUT2D eigenvalue weighted by atomic mass is 9.94. The molecule has 1 N–H and O–H groups in total. The smallest absolute Gasteiger partial charge is 0.318 e. The molecule has 0 atom stereocenters. The highest BCUT2D eigenvalue weighted by Crippen LogP contribution is 2.45. The van der Waals surface area contributed by atoms with Gasteiger partial charge in [-0.25, -0.2) is 0 Å². The van der Waals surface area contributed by atoms with Crippen molar-refractivity contribution in [2.24, 2.45) is 0 Å². The highest BCUT2D eigenvalue weighted by atomic mass is 35.5. The molecule has 5 heteroatoms. The van der Waals surface area contributed by atoms with Crippen LogP contribution in [0.25, 0.3) is 39.2 Å². The van der Waals surface area contributed by atoms with Crippen LogP contribution in [0, 0.1) is 0 Å². The molecule has 2 aromatic heterocycles. The number of benzene rings is 4. The van der Waals surface area contributed by atoms with E-state index in [2.05, 4.69) is 29.6 Å². The Morgan fingerprint density at radius 1 is 0.618 bits per heavy atom. The molecule has 6 rings (SSSR count). The van der Waals surface area contributed by atoms with E-state index in [1.807, 2.05) is 95.5 Å². The third kappa shape index (κ3) is 3.64. The van der Waals surface area contributed by atoms with Gasteiger partial charge in [0.05, 0.1) is 11.3 Å². The number of hydrogen-bond donors (Lipinski definition) is 1. The van der Waals surface area contributed by atoms with Gasteiger partial charge < -0.3 is 9.73 Å². The number of rotatable bonds is 5. The van der Waals surface area contributed by atoms with Gasteiger partial charge in [0.1, 0.15) is 0 Å². The predicted molar refractivity (Wildman–Crippen MR) is 139 cm³/mol. The molecule has 0 aliphatic carbocycles. The summed E-state index contributed by atoms with van der Waals surface area (Å²) in [4.78, 5) is 0. The van der Waals surface area contributed by atoms with Gasteiger partial charge in [-0.2, -0.15) is 4.52 Å². The number of fused-ring (bicyclic) bond motifs is 1. The maximum Gasteiger partial charge on any atom is 0.318 e. The molecule has 0 fully saturated rings. The molecule has 34 heavy (non-hydrogen) atoms. The van der Waals surface area contributed by atoms with E-state index in [-0.39, 0.29) is 0 Å². The molecule has 0 saturated carbocycles. The maximum atomic E-state index is 6.36. The molecule has 0 amide bonds. The van der Waals surface area contributed by atoms with Gasteiger partial charge in [-0.3, -0.25) is 0 Å². The molecule has 0 unspecified atom stereocenters. The lowest BCUT2D eigenvalue weighted by Gasteiger charge is -2.09. The van der Waals surface area contributed by atoms with Crippen LogP contribution >= 0.6 is 11.6 Å². The summed E-state index contributed by atoms with van der Waals surface area (Å²) in [5.74, 6) is 0. The van der Waals surface area contributed by atoms with Crippen LogP contribution in [0.1, 0.15) is 0 Å². The Labute approximate surface area is 202 Å². The van der Waals surface area contributed by atoms with Crippen molar-refractivity contribution in [2.45, 2.75) is 0 Å². The minimum Gasteiger partial charge on any atom is -0.405 e. The van der Waals surface area contributed by atoms with E-state index in [4.69, 9.17) is 21.1 Å². The van der Waals surface area contributed by atoms with Crippen molar-refractivity contribution in [1.82, 2.24) is 9.61 Å². The van der Waals surface area contributed by atoms with Crippen LogP contribution in [0.2, 0.25) is 5.02 Å². The second-order valence-corrected chi connectivity index (χ2v) is 8.39. The normalized spacial score (nSPS) is 11.1. The molecule has 0 aliphatic rings. The average Bonchev–Trinajstić information content (AvgIpc) is 3.42. The van der Waals surface area contributed by atoms with Gasteiger partial charge in [0.2, 0.25) is 5.71 Å². The Balaban J connectivity index is 1.67. The second-order valence-electron chi connectivity index (χ2n) is 7.95. The van der Waals surface area contributed by atoms with Crippen LogP contribution in [0.5, 0.6) is 0 Å². The van der Waals surface area contributed by atoms with E-state index in [1.54, 1.807) is 0 Å². The molecule has 0 radical (unpaired) electrons. The Hall–Kier alpha value is -4.28. The van der Waals surface area contributed by atoms with E-state index in [0.717, 1.165) is 39.2 Å². The van der Waals surface area contributed by atoms with Crippen LogP contribution < -0.4 is 5.32 Å². The number of para-hydroxylation sites is 1. The SMILES string of the molecule is Clc1ccc(-c2c(-c3ccccc3)c(-c3ccccc3)c3oc(Nc4ccccc4)nn23)cc1. The molecule has 0 bridgehead atoms. The number of halogens is 1. The third-order valence-electron chi connectivity index (χ3n) is 5.76. The van der Waals surface area contributed by atoms with Gasteiger partial charge >= 0.3 is 6.01 Å². The van der Waals surface area contributed by atoms with Crippen LogP contribution in [-0.2, 0) is 0 Å². The van der Waals surface area contributed by atoms with Gasteiger partial charge in [0.15, 0.2) is 0 Å². The summed E-state index contributed by atoms with van der Waals surface area (Å²) in [6, 6.07) is 38.8. The molecular weight excluding hydrogens is 442 g/mol. The summed E-state index contributed by atoms with van der Waals surface area (Å²) >= 11 is 6.22.